The molecule has 0 unspecified atom stereocenters. The smallest absolute Gasteiger partial charge is 0.250 e. The highest BCUT2D eigenvalue weighted by molar-refractivity contribution is 7.18. The van der Waals surface area contributed by atoms with E-state index in [1.54, 1.807) is 18.2 Å². The first-order chi connectivity index (χ1) is 9.70. The Morgan fingerprint density at radius 2 is 2.10 bits per heavy atom. The third-order valence-electron chi connectivity index (χ3n) is 2.31. The standard InChI is InChI=1S/C14H12ClN3OS/c1-2-3-4-9-12(19)16-14-18-17-13(20-14)10-7-5-6-8-11(10)15/h2-9H,1H3,(H,16,18,19). The number of carbonyl (C=O) groups excluding carboxylic acids is 1. The van der Waals surface area contributed by atoms with Gasteiger partial charge in [-0.25, -0.2) is 0 Å². The molecule has 20 heavy (non-hydrogen) atoms. The Bertz CT molecular complexity index is 664. The fraction of sp³-hybridized carbons (Fsp3) is 0.0714. The molecule has 1 aromatic heterocycles. The number of hydrogen-bond acceptors (Lipinski definition) is 4. The average molecular weight is 306 g/mol. The lowest BCUT2D eigenvalue weighted by Gasteiger charge is -1.97. The predicted molar refractivity (Wildman–Crippen MR) is 82.9 cm³/mol. The average Bonchev–Trinajstić information content (AvgIpc) is 2.88. The number of halogens is 1. The largest absolute Gasteiger partial charge is 0.297 e. The van der Waals surface area contributed by atoms with E-state index in [0.29, 0.717) is 15.2 Å². The van der Waals surface area contributed by atoms with Gasteiger partial charge in [0.25, 0.3) is 0 Å². The van der Waals surface area contributed by atoms with Crippen LogP contribution in [0.1, 0.15) is 6.92 Å². The topological polar surface area (TPSA) is 54.9 Å². The zero-order chi connectivity index (χ0) is 14.4. The number of aromatic nitrogens is 2. The monoisotopic (exact) mass is 305 g/mol. The summed E-state index contributed by atoms with van der Waals surface area (Å²) in [5, 5.41) is 12.3. The molecule has 6 heteroatoms. The van der Waals surface area contributed by atoms with E-state index in [1.807, 2.05) is 31.2 Å². The SMILES string of the molecule is CC=CC=CC(=O)Nc1nnc(-c2ccccc2Cl)s1. The van der Waals surface area contributed by atoms with Crippen molar-refractivity contribution in [2.24, 2.45) is 0 Å². The molecular formula is C14H12ClN3OS. The maximum Gasteiger partial charge on any atom is 0.250 e. The Kier molecular flexibility index (Phi) is 5.03. The van der Waals surface area contributed by atoms with Crippen LogP contribution in [0.5, 0.6) is 0 Å². The number of anilines is 1. The van der Waals surface area contributed by atoms with E-state index in [2.05, 4.69) is 15.5 Å². The first-order valence-corrected chi connectivity index (χ1v) is 7.09. The van der Waals surface area contributed by atoms with Gasteiger partial charge in [-0.3, -0.25) is 10.1 Å². The van der Waals surface area contributed by atoms with Gasteiger partial charge in [0.2, 0.25) is 11.0 Å². The number of allylic oxidation sites excluding steroid dienone is 3. The summed E-state index contributed by atoms with van der Waals surface area (Å²) in [5.74, 6) is -0.245. The Labute approximate surface area is 125 Å². The quantitative estimate of drug-likeness (QED) is 0.688. The predicted octanol–water partition coefficient (Wildman–Crippen LogP) is 3.93. The summed E-state index contributed by atoms with van der Waals surface area (Å²) in [6.45, 7) is 1.88. The van der Waals surface area contributed by atoms with Crippen LogP contribution in [0.2, 0.25) is 5.02 Å². The second-order valence-corrected chi connectivity index (χ2v) is 5.15. The van der Waals surface area contributed by atoms with E-state index >= 15 is 0 Å². The minimum atomic E-state index is -0.245. The molecular weight excluding hydrogens is 294 g/mol. The van der Waals surface area contributed by atoms with Crippen LogP contribution in [-0.4, -0.2) is 16.1 Å². The van der Waals surface area contributed by atoms with Crippen LogP contribution < -0.4 is 5.32 Å². The molecule has 1 amide bonds. The van der Waals surface area contributed by atoms with Crippen LogP contribution >= 0.6 is 22.9 Å². The number of amides is 1. The molecule has 0 saturated carbocycles. The second-order valence-electron chi connectivity index (χ2n) is 3.77. The number of carbonyl (C=O) groups is 1. The van der Waals surface area contributed by atoms with E-state index in [-0.39, 0.29) is 5.91 Å². The van der Waals surface area contributed by atoms with Gasteiger partial charge in [0, 0.05) is 11.6 Å². The zero-order valence-corrected chi connectivity index (χ0v) is 12.3. The lowest BCUT2D eigenvalue weighted by atomic mass is 10.2. The van der Waals surface area contributed by atoms with Crippen molar-refractivity contribution in [3.05, 3.63) is 53.6 Å². The number of benzene rings is 1. The van der Waals surface area contributed by atoms with Crippen LogP contribution in [0.25, 0.3) is 10.6 Å². The van der Waals surface area contributed by atoms with E-state index in [9.17, 15) is 4.79 Å². The minimum Gasteiger partial charge on any atom is -0.297 e. The molecule has 0 aliphatic heterocycles. The molecule has 0 bridgehead atoms. The molecule has 4 nitrogen and oxygen atoms in total. The zero-order valence-electron chi connectivity index (χ0n) is 10.7. The molecule has 2 aromatic rings. The van der Waals surface area contributed by atoms with Crippen LogP contribution in [0.4, 0.5) is 5.13 Å². The van der Waals surface area contributed by atoms with Crippen molar-refractivity contribution in [2.75, 3.05) is 5.32 Å². The molecule has 0 radical (unpaired) electrons. The van der Waals surface area contributed by atoms with Crippen molar-refractivity contribution >= 4 is 34.0 Å². The second kappa shape index (κ2) is 6.98. The third kappa shape index (κ3) is 3.76. The lowest BCUT2D eigenvalue weighted by molar-refractivity contribution is -0.111. The van der Waals surface area contributed by atoms with Gasteiger partial charge in [0.05, 0.1) is 5.02 Å². The molecule has 0 spiro atoms. The summed E-state index contributed by atoms with van der Waals surface area (Å²) >= 11 is 7.37. The van der Waals surface area contributed by atoms with Crippen molar-refractivity contribution < 1.29 is 4.79 Å². The highest BCUT2D eigenvalue weighted by atomic mass is 35.5. The van der Waals surface area contributed by atoms with Crippen LogP contribution in [-0.2, 0) is 4.79 Å². The van der Waals surface area contributed by atoms with Gasteiger partial charge in [-0.2, -0.15) is 0 Å². The van der Waals surface area contributed by atoms with Gasteiger partial charge in [-0.15, -0.1) is 10.2 Å². The van der Waals surface area contributed by atoms with Gasteiger partial charge in [-0.05, 0) is 13.0 Å². The van der Waals surface area contributed by atoms with Crippen molar-refractivity contribution in [2.45, 2.75) is 6.92 Å². The van der Waals surface area contributed by atoms with Gasteiger partial charge < -0.3 is 0 Å². The first kappa shape index (κ1) is 14.4. The Morgan fingerprint density at radius 3 is 2.85 bits per heavy atom. The van der Waals surface area contributed by atoms with Crippen LogP contribution in [0.3, 0.4) is 0 Å². The Hall–Kier alpha value is -1.98. The van der Waals surface area contributed by atoms with Crippen LogP contribution in [0.15, 0.2) is 48.6 Å². The molecule has 0 atom stereocenters. The number of hydrogen-bond donors (Lipinski definition) is 1. The molecule has 0 aliphatic carbocycles. The highest BCUT2D eigenvalue weighted by Crippen LogP contribution is 2.31. The summed E-state index contributed by atoms with van der Waals surface area (Å²) < 4.78 is 0. The van der Waals surface area contributed by atoms with Gasteiger partial charge in [-0.1, -0.05) is 59.4 Å². The highest BCUT2D eigenvalue weighted by Gasteiger charge is 2.10. The summed E-state index contributed by atoms with van der Waals surface area (Å²) in [5.41, 5.74) is 0.802. The molecule has 102 valence electrons. The summed E-state index contributed by atoms with van der Waals surface area (Å²) in [6, 6.07) is 7.37. The first-order valence-electron chi connectivity index (χ1n) is 5.89. The van der Waals surface area contributed by atoms with Gasteiger partial charge in [0.1, 0.15) is 0 Å². The van der Waals surface area contributed by atoms with Crippen molar-refractivity contribution in [3.63, 3.8) is 0 Å². The fourth-order valence-corrected chi connectivity index (χ4v) is 2.49. The third-order valence-corrected chi connectivity index (χ3v) is 3.51. The van der Waals surface area contributed by atoms with Gasteiger partial charge >= 0.3 is 0 Å². The molecule has 0 aliphatic rings. The Balaban J connectivity index is 2.10. The molecule has 1 N–H and O–H groups in total. The van der Waals surface area contributed by atoms with E-state index in [4.69, 9.17) is 11.6 Å². The Morgan fingerprint density at radius 1 is 1.30 bits per heavy atom. The summed E-state index contributed by atoms with van der Waals surface area (Å²) in [7, 11) is 0. The van der Waals surface area contributed by atoms with Crippen molar-refractivity contribution in [1.82, 2.24) is 10.2 Å². The van der Waals surface area contributed by atoms with E-state index in [1.165, 1.54) is 17.4 Å². The minimum absolute atomic E-state index is 0.245. The number of nitrogens with one attached hydrogen (secondary N) is 1. The van der Waals surface area contributed by atoms with E-state index in [0.717, 1.165) is 5.56 Å². The maximum absolute atomic E-state index is 11.6. The molecule has 2 rings (SSSR count). The molecule has 0 saturated heterocycles. The fourth-order valence-electron chi connectivity index (χ4n) is 1.42. The van der Waals surface area contributed by atoms with Gasteiger partial charge in [0.15, 0.2) is 5.01 Å². The van der Waals surface area contributed by atoms with E-state index < -0.39 is 0 Å². The van der Waals surface area contributed by atoms with Crippen molar-refractivity contribution in [3.8, 4) is 10.6 Å². The molecule has 1 aromatic carbocycles. The maximum atomic E-state index is 11.6. The molecule has 0 fully saturated rings. The van der Waals surface area contributed by atoms with Crippen molar-refractivity contribution in [1.29, 1.82) is 0 Å². The number of rotatable bonds is 4. The van der Waals surface area contributed by atoms with Crippen LogP contribution in [0, 0.1) is 0 Å². The normalized spacial score (nSPS) is 11.3. The summed E-state index contributed by atoms with van der Waals surface area (Å²) in [4.78, 5) is 11.6. The molecule has 1 heterocycles. The number of nitrogens with zero attached hydrogens (tertiary/aromatic N) is 2. The summed E-state index contributed by atoms with van der Waals surface area (Å²) in [6.07, 6.45) is 6.70. The lowest BCUT2D eigenvalue weighted by Crippen LogP contribution is -2.07.